The van der Waals surface area contributed by atoms with E-state index in [1.54, 1.807) is 21.9 Å². The molecular weight excluding hydrogens is 583 g/mol. The minimum absolute atomic E-state index is 0.0666. The number of carbonyl (C=O) groups is 2. The van der Waals surface area contributed by atoms with Gasteiger partial charge in [0.15, 0.2) is 0 Å². The number of hydrogen-bond donors (Lipinski definition) is 2. The molecule has 3 aromatic rings. The standard InChI is InChI=1S/C34H40Cl2N4O3/c1-23-16-24(2)18-27(17-23)33(42)39-14-15-40(32(21-39)26-8-9-29(35)30(36)19-26)34(43)31(22-41)37-28-10-12-38(13-11-28)20-25-6-4-3-5-7-25/h3-9,16-19,28,31-32,37,41H,10-15,20-22H2,1-2H3. The molecule has 2 N–H and O–H groups in total. The first-order valence-electron chi connectivity index (χ1n) is 15.0. The van der Waals surface area contributed by atoms with Crippen LogP contribution in [0.25, 0.3) is 0 Å². The van der Waals surface area contributed by atoms with Gasteiger partial charge in [0, 0.05) is 37.8 Å². The van der Waals surface area contributed by atoms with Crippen molar-refractivity contribution in [1.82, 2.24) is 20.0 Å². The van der Waals surface area contributed by atoms with E-state index in [9.17, 15) is 14.7 Å². The van der Waals surface area contributed by atoms with Crippen molar-refractivity contribution >= 4 is 35.0 Å². The van der Waals surface area contributed by atoms with Gasteiger partial charge < -0.3 is 20.2 Å². The van der Waals surface area contributed by atoms with E-state index in [1.807, 2.05) is 44.2 Å². The van der Waals surface area contributed by atoms with Crippen LogP contribution in [0.5, 0.6) is 0 Å². The van der Waals surface area contributed by atoms with E-state index >= 15 is 0 Å². The molecule has 2 saturated heterocycles. The van der Waals surface area contributed by atoms with Crippen molar-refractivity contribution in [3.8, 4) is 0 Å². The largest absolute Gasteiger partial charge is 0.394 e. The second-order valence-corrected chi connectivity index (χ2v) is 12.6. The first-order valence-corrected chi connectivity index (χ1v) is 15.7. The Balaban J connectivity index is 1.29. The van der Waals surface area contributed by atoms with Crippen molar-refractivity contribution in [1.29, 1.82) is 0 Å². The van der Waals surface area contributed by atoms with E-state index in [0.717, 1.165) is 49.2 Å². The number of benzene rings is 3. The van der Waals surface area contributed by atoms with Gasteiger partial charge in [0.25, 0.3) is 5.91 Å². The van der Waals surface area contributed by atoms with Crippen molar-refractivity contribution in [3.63, 3.8) is 0 Å². The fourth-order valence-electron chi connectivity index (χ4n) is 6.30. The molecule has 0 aromatic heterocycles. The van der Waals surface area contributed by atoms with Crippen molar-refractivity contribution in [2.45, 2.75) is 51.4 Å². The van der Waals surface area contributed by atoms with Crippen LogP contribution < -0.4 is 5.32 Å². The summed E-state index contributed by atoms with van der Waals surface area (Å²) in [6.07, 6.45) is 1.79. The molecule has 0 bridgehead atoms. The van der Waals surface area contributed by atoms with E-state index in [1.165, 1.54) is 5.56 Å². The molecule has 0 radical (unpaired) electrons. The van der Waals surface area contributed by atoms with Crippen LogP contribution in [0.4, 0.5) is 0 Å². The summed E-state index contributed by atoms with van der Waals surface area (Å²) in [6.45, 7) is 7.45. The van der Waals surface area contributed by atoms with E-state index in [0.29, 0.717) is 35.2 Å². The Bertz CT molecular complexity index is 1410. The molecule has 0 aliphatic carbocycles. The van der Waals surface area contributed by atoms with E-state index < -0.39 is 12.1 Å². The average molecular weight is 624 g/mol. The van der Waals surface area contributed by atoms with Gasteiger partial charge in [0.2, 0.25) is 5.91 Å². The summed E-state index contributed by atoms with van der Waals surface area (Å²) < 4.78 is 0. The van der Waals surface area contributed by atoms with Crippen LogP contribution in [0.1, 0.15) is 51.5 Å². The highest BCUT2D eigenvalue weighted by Crippen LogP contribution is 2.32. The molecule has 2 aliphatic heterocycles. The van der Waals surface area contributed by atoms with Gasteiger partial charge in [0.05, 0.1) is 22.7 Å². The number of amides is 2. The Morgan fingerprint density at radius 3 is 2.26 bits per heavy atom. The molecule has 7 nitrogen and oxygen atoms in total. The number of nitrogens with zero attached hydrogens (tertiary/aromatic N) is 3. The number of aliphatic hydroxyl groups excluding tert-OH is 1. The van der Waals surface area contributed by atoms with Crippen LogP contribution >= 0.6 is 23.2 Å². The van der Waals surface area contributed by atoms with E-state index in [-0.39, 0.29) is 24.5 Å². The average Bonchev–Trinajstić information content (AvgIpc) is 3.01. The van der Waals surface area contributed by atoms with Crippen molar-refractivity contribution in [3.05, 3.63) is 105 Å². The number of aliphatic hydroxyl groups is 1. The quantitative estimate of drug-likeness (QED) is 0.359. The van der Waals surface area contributed by atoms with Crippen LogP contribution in [0.2, 0.25) is 10.0 Å². The summed E-state index contributed by atoms with van der Waals surface area (Å²) in [5.74, 6) is -0.244. The number of hydrogen-bond acceptors (Lipinski definition) is 5. The van der Waals surface area contributed by atoms with Gasteiger partial charge in [-0.05, 0) is 75.2 Å². The monoisotopic (exact) mass is 622 g/mol. The third kappa shape index (κ3) is 7.78. The Morgan fingerprint density at radius 1 is 0.907 bits per heavy atom. The lowest BCUT2D eigenvalue weighted by molar-refractivity contribution is -0.139. The number of piperazine rings is 1. The zero-order valence-electron chi connectivity index (χ0n) is 24.8. The van der Waals surface area contributed by atoms with Gasteiger partial charge in [-0.1, -0.05) is 76.8 Å². The van der Waals surface area contributed by atoms with Crippen molar-refractivity contribution in [2.75, 3.05) is 39.3 Å². The molecule has 2 fully saturated rings. The van der Waals surface area contributed by atoms with Crippen molar-refractivity contribution in [2.24, 2.45) is 0 Å². The molecule has 2 atom stereocenters. The number of rotatable bonds is 8. The summed E-state index contributed by atoms with van der Waals surface area (Å²) in [4.78, 5) is 33.6. The summed E-state index contributed by atoms with van der Waals surface area (Å²) in [6, 6.07) is 20.6. The van der Waals surface area contributed by atoms with Crippen LogP contribution in [0.3, 0.4) is 0 Å². The van der Waals surface area contributed by atoms with Crippen LogP contribution in [-0.2, 0) is 11.3 Å². The summed E-state index contributed by atoms with van der Waals surface area (Å²) in [5, 5.41) is 14.6. The smallest absolute Gasteiger partial charge is 0.254 e. The predicted molar refractivity (Wildman–Crippen MR) is 171 cm³/mol. The fraction of sp³-hybridized carbons (Fsp3) is 0.412. The molecule has 2 heterocycles. The molecule has 5 rings (SSSR count). The third-order valence-electron chi connectivity index (χ3n) is 8.50. The first-order chi connectivity index (χ1) is 20.7. The fourth-order valence-corrected chi connectivity index (χ4v) is 6.61. The highest BCUT2D eigenvalue weighted by Gasteiger charge is 2.37. The summed E-state index contributed by atoms with van der Waals surface area (Å²) >= 11 is 12.6. The molecule has 2 amide bonds. The topological polar surface area (TPSA) is 76.1 Å². The lowest BCUT2D eigenvalue weighted by atomic mass is 9.99. The van der Waals surface area contributed by atoms with Gasteiger partial charge >= 0.3 is 0 Å². The van der Waals surface area contributed by atoms with Gasteiger partial charge in [0.1, 0.15) is 6.04 Å². The van der Waals surface area contributed by atoms with Gasteiger partial charge in [-0.2, -0.15) is 0 Å². The highest BCUT2D eigenvalue weighted by molar-refractivity contribution is 6.42. The maximum absolute atomic E-state index is 14.0. The van der Waals surface area contributed by atoms with Gasteiger partial charge in [-0.15, -0.1) is 0 Å². The Labute approximate surface area is 264 Å². The third-order valence-corrected chi connectivity index (χ3v) is 9.24. The Hall–Kier alpha value is -2.94. The molecule has 0 saturated carbocycles. The molecule has 0 spiro atoms. The number of carbonyl (C=O) groups excluding carboxylic acids is 2. The molecule has 9 heteroatoms. The zero-order valence-corrected chi connectivity index (χ0v) is 26.3. The van der Waals surface area contributed by atoms with E-state index in [4.69, 9.17) is 23.2 Å². The second-order valence-electron chi connectivity index (χ2n) is 11.8. The lowest BCUT2D eigenvalue weighted by Gasteiger charge is -2.43. The maximum atomic E-state index is 14.0. The molecule has 3 aromatic carbocycles. The summed E-state index contributed by atoms with van der Waals surface area (Å²) in [5.41, 5.74) is 4.79. The van der Waals surface area contributed by atoms with Crippen LogP contribution in [0, 0.1) is 13.8 Å². The number of nitrogens with one attached hydrogen (secondary N) is 1. The molecule has 43 heavy (non-hydrogen) atoms. The van der Waals surface area contributed by atoms with Crippen LogP contribution in [-0.4, -0.2) is 83.0 Å². The minimum atomic E-state index is -0.738. The van der Waals surface area contributed by atoms with E-state index in [2.05, 4.69) is 34.5 Å². The highest BCUT2D eigenvalue weighted by atomic mass is 35.5. The Kier molecular flexibility index (Phi) is 10.4. The predicted octanol–water partition coefficient (Wildman–Crippen LogP) is 5.25. The molecule has 2 aliphatic rings. The molecule has 2 unspecified atom stereocenters. The Morgan fingerprint density at radius 2 is 1.60 bits per heavy atom. The number of piperidine rings is 1. The van der Waals surface area contributed by atoms with Gasteiger partial charge in [-0.25, -0.2) is 0 Å². The summed E-state index contributed by atoms with van der Waals surface area (Å²) in [7, 11) is 0. The second kappa shape index (κ2) is 14.2. The molecular formula is C34H40Cl2N4O3. The lowest BCUT2D eigenvalue weighted by Crippen LogP contribution is -2.59. The number of likely N-dealkylation sites (tertiary alicyclic amines) is 1. The normalized spacial score (nSPS) is 19.0. The minimum Gasteiger partial charge on any atom is -0.394 e. The molecule has 228 valence electrons. The first kappa shape index (κ1) is 31.5. The van der Waals surface area contributed by atoms with Gasteiger partial charge in [-0.3, -0.25) is 14.5 Å². The number of halogens is 2. The van der Waals surface area contributed by atoms with Crippen molar-refractivity contribution < 1.29 is 14.7 Å². The number of aryl methyl sites for hydroxylation is 2. The van der Waals surface area contributed by atoms with Crippen LogP contribution in [0.15, 0.2) is 66.7 Å². The SMILES string of the molecule is Cc1cc(C)cc(C(=O)N2CCN(C(=O)C(CO)NC3CCN(Cc4ccccc4)CC3)C(c3ccc(Cl)c(Cl)c3)C2)c1. The maximum Gasteiger partial charge on any atom is 0.254 e. The zero-order chi connectivity index (χ0) is 30.5.